The van der Waals surface area contributed by atoms with E-state index in [2.05, 4.69) is 5.10 Å². The van der Waals surface area contributed by atoms with E-state index in [1.807, 2.05) is 36.1 Å². The van der Waals surface area contributed by atoms with Gasteiger partial charge in [-0.15, -0.1) is 0 Å². The Morgan fingerprint density at radius 2 is 2.07 bits per heavy atom. The van der Waals surface area contributed by atoms with Gasteiger partial charge >= 0.3 is 0 Å². The van der Waals surface area contributed by atoms with Crippen LogP contribution in [0.1, 0.15) is 30.3 Å². The lowest BCUT2D eigenvalue weighted by Gasteiger charge is -2.35. The van der Waals surface area contributed by atoms with Crippen LogP contribution in [0.3, 0.4) is 0 Å². The highest BCUT2D eigenvalue weighted by Crippen LogP contribution is 2.27. The largest absolute Gasteiger partial charge is 0.463 e. The standard InChI is InChI=1S/C20H21ClN4O2/c1-13-11-15(22)8-9-24(13)20(26)17-12-18(19-3-2-10-27-19)25(23-17)16-6-4-14(21)5-7-16/h2-7,10,12-13,15H,8-9,11,22H2,1H3/t13-,15-/m0/s1. The molecule has 2 N–H and O–H groups in total. The van der Waals surface area contributed by atoms with Crippen molar-refractivity contribution in [1.29, 1.82) is 0 Å². The highest BCUT2D eigenvalue weighted by Gasteiger charge is 2.30. The Kier molecular flexibility index (Phi) is 4.76. The minimum Gasteiger partial charge on any atom is -0.463 e. The number of aromatic nitrogens is 2. The number of nitrogens with two attached hydrogens (primary N) is 1. The number of amides is 1. The minimum atomic E-state index is -0.0880. The van der Waals surface area contributed by atoms with E-state index in [1.54, 1.807) is 29.1 Å². The van der Waals surface area contributed by atoms with E-state index in [1.165, 1.54) is 0 Å². The molecule has 3 heterocycles. The smallest absolute Gasteiger partial charge is 0.274 e. The Morgan fingerprint density at radius 3 is 2.74 bits per heavy atom. The number of halogens is 1. The molecule has 0 unspecified atom stereocenters. The molecule has 2 aromatic heterocycles. The quantitative estimate of drug-likeness (QED) is 0.746. The Hall–Kier alpha value is -2.57. The molecule has 1 amide bonds. The van der Waals surface area contributed by atoms with Gasteiger partial charge in [0.15, 0.2) is 11.5 Å². The Morgan fingerprint density at radius 1 is 1.30 bits per heavy atom. The van der Waals surface area contributed by atoms with E-state index < -0.39 is 0 Å². The molecule has 7 heteroatoms. The molecule has 3 aromatic rings. The van der Waals surface area contributed by atoms with Gasteiger partial charge in [-0.2, -0.15) is 5.10 Å². The molecule has 2 atom stereocenters. The van der Waals surface area contributed by atoms with Crippen LogP contribution in [0.2, 0.25) is 5.02 Å². The molecule has 4 rings (SSSR count). The zero-order valence-corrected chi connectivity index (χ0v) is 15.8. The van der Waals surface area contributed by atoms with E-state index >= 15 is 0 Å². The molecule has 0 aliphatic carbocycles. The summed E-state index contributed by atoms with van der Waals surface area (Å²) in [7, 11) is 0. The van der Waals surface area contributed by atoms with Crippen molar-refractivity contribution in [3.8, 4) is 17.1 Å². The van der Waals surface area contributed by atoms with Crippen LogP contribution in [0.15, 0.2) is 53.1 Å². The predicted octanol–water partition coefficient (Wildman–Crippen LogP) is 3.74. The van der Waals surface area contributed by atoms with Crippen LogP contribution in [0.5, 0.6) is 0 Å². The fraction of sp³-hybridized carbons (Fsp3) is 0.300. The first-order valence-electron chi connectivity index (χ1n) is 8.99. The molecule has 140 valence electrons. The molecule has 0 bridgehead atoms. The monoisotopic (exact) mass is 384 g/mol. The number of hydrogen-bond donors (Lipinski definition) is 1. The Balaban J connectivity index is 1.73. The highest BCUT2D eigenvalue weighted by molar-refractivity contribution is 6.30. The van der Waals surface area contributed by atoms with Crippen LogP contribution in [0, 0.1) is 0 Å². The summed E-state index contributed by atoms with van der Waals surface area (Å²) < 4.78 is 7.26. The maximum absolute atomic E-state index is 13.1. The SMILES string of the molecule is C[C@H]1C[C@@H](N)CCN1C(=O)c1cc(-c2ccco2)n(-c2ccc(Cl)cc2)n1. The van der Waals surface area contributed by atoms with Crippen molar-refractivity contribution in [3.63, 3.8) is 0 Å². The number of rotatable bonds is 3. The van der Waals surface area contributed by atoms with Crippen molar-refractivity contribution in [2.75, 3.05) is 6.54 Å². The van der Waals surface area contributed by atoms with Gasteiger partial charge in [0, 0.05) is 29.7 Å². The van der Waals surface area contributed by atoms with Gasteiger partial charge < -0.3 is 15.1 Å². The second-order valence-electron chi connectivity index (χ2n) is 6.91. The number of benzene rings is 1. The number of carbonyl (C=O) groups is 1. The summed E-state index contributed by atoms with van der Waals surface area (Å²) in [5.41, 5.74) is 7.93. The third-order valence-electron chi connectivity index (χ3n) is 4.95. The second-order valence-corrected chi connectivity index (χ2v) is 7.35. The lowest BCUT2D eigenvalue weighted by Crippen LogP contribution is -2.48. The highest BCUT2D eigenvalue weighted by atomic mass is 35.5. The summed E-state index contributed by atoms with van der Waals surface area (Å²) in [4.78, 5) is 14.9. The summed E-state index contributed by atoms with van der Waals surface area (Å²) in [6.07, 6.45) is 3.21. The lowest BCUT2D eigenvalue weighted by molar-refractivity contribution is 0.0612. The third-order valence-corrected chi connectivity index (χ3v) is 5.20. The summed E-state index contributed by atoms with van der Waals surface area (Å²) in [6, 6.07) is 13.0. The van der Waals surface area contributed by atoms with Gasteiger partial charge in [-0.05, 0) is 56.2 Å². The number of hydrogen-bond acceptors (Lipinski definition) is 4. The third kappa shape index (κ3) is 3.50. The van der Waals surface area contributed by atoms with Gasteiger partial charge in [0.05, 0.1) is 12.0 Å². The topological polar surface area (TPSA) is 77.3 Å². The van der Waals surface area contributed by atoms with Gasteiger partial charge in [-0.3, -0.25) is 4.79 Å². The molecular formula is C20H21ClN4O2. The molecule has 1 fully saturated rings. The maximum Gasteiger partial charge on any atom is 0.274 e. The van der Waals surface area contributed by atoms with Crippen LogP contribution in [0.4, 0.5) is 0 Å². The number of likely N-dealkylation sites (tertiary alicyclic amines) is 1. The fourth-order valence-electron chi connectivity index (χ4n) is 3.52. The Bertz CT molecular complexity index is 934. The molecule has 1 aromatic carbocycles. The van der Waals surface area contributed by atoms with Crippen LogP contribution in [0.25, 0.3) is 17.1 Å². The summed E-state index contributed by atoms with van der Waals surface area (Å²) in [5.74, 6) is 0.556. The normalized spacial score (nSPS) is 20.0. The van der Waals surface area contributed by atoms with Gasteiger partial charge in [-0.1, -0.05) is 11.6 Å². The Labute approximate surface area is 162 Å². The second kappa shape index (κ2) is 7.21. The number of carbonyl (C=O) groups excluding carboxylic acids is 1. The molecule has 1 aliphatic heterocycles. The maximum atomic E-state index is 13.1. The molecule has 6 nitrogen and oxygen atoms in total. The number of nitrogens with zero attached hydrogens (tertiary/aromatic N) is 3. The van der Waals surface area contributed by atoms with Gasteiger partial charge in [0.25, 0.3) is 5.91 Å². The van der Waals surface area contributed by atoms with E-state index in [-0.39, 0.29) is 18.0 Å². The van der Waals surface area contributed by atoms with Gasteiger partial charge in [0.1, 0.15) is 5.69 Å². The zero-order valence-electron chi connectivity index (χ0n) is 15.0. The van der Waals surface area contributed by atoms with Crippen LogP contribution >= 0.6 is 11.6 Å². The van der Waals surface area contributed by atoms with Crippen molar-refractivity contribution in [2.24, 2.45) is 5.73 Å². The van der Waals surface area contributed by atoms with E-state index in [0.29, 0.717) is 28.7 Å². The zero-order chi connectivity index (χ0) is 19.0. The average Bonchev–Trinajstić information content (AvgIpc) is 3.31. The average molecular weight is 385 g/mol. The van der Waals surface area contributed by atoms with Gasteiger partial charge in [-0.25, -0.2) is 4.68 Å². The summed E-state index contributed by atoms with van der Waals surface area (Å²) >= 11 is 6.00. The van der Waals surface area contributed by atoms with Crippen molar-refractivity contribution in [3.05, 3.63) is 59.4 Å². The van der Waals surface area contributed by atoms with Crippen LogP contribution in [-0.2, 0) is 0 Å². The molecular weight excluding hydrogens is 364 g/mol. The molecule has 0 spiro atoms. The first-order chi connectivity index (χ1) is 13.0. The fourth-order valence-corrected chi connectivity index (χ4v) is 3.65. The molecule has 1 saturated heterocycles. The van der Waals surface area contributed by atoms with Crippen molar-refractivity contribution >= 4 is 17.5 Å². The molecule has 0 saturated carbocycles. The first-order valence-corrected chi connectivity index (χ1v) is 9.37. The van der Waals surface area contributed by atoms with Gasteiger partial charge in [0.2, 0.25) is 0 Å². The number of piperidine rings is 1. The molecule has 27 heavy (non-hydrogen) atoms. The summed E-state index contributed by atoms with van der Waals surface area (Å²) in [5, 5.41) is 5.22. The lowest BCUT2D eigenvalue weighted by atomic mass is 9.99. The minimum absolute atomic E-state index is 0.0880. The molecule has 0 radical (unpaired) electrons. The van der Waals surface area contributed by atoms with E-state index in [9.17, 15) is 4.79 Å². The van der Waals surface area contributed by atoms with Crippen LogP contribution in [-0.4, -0.2) is 39.2 Å². The predicted molar refractivity (Wildman–Crippen MR) is 104 cm³/mol. The summed E-state index contributed by atoms with van der Waals surface area (Å²) in [6.45, 7) is 2.67. The number of furan rings is 1. The van der Waals surface area contributed by atoms with Crippen molar-refractivity contribution in [2.45, 2.75) is 31.8 Å². The van der Waals surface area contributed by atoms with Crippen molar-refractivity contribution in [1.82, 2.24) is 14.7 Å². The van der Waals surface area contributed by atoms with Crippen LogP contribution < -0.4 is 5.73 Å². The van der Waals surface area contributed by atoms with E-state index in [0.717, 1.165) is 18.5 Å². The first kappa shape index (κ1) is 17.8. The van der Waals surface area contributed by atoms with Crippen molar-refractivity contribution < 1.29 is 9.21 Å². The van der Waals surface area contributed by atoms with E-state index in [4.69, 9.17) is 21.8 Å². The molecule has 1 aliphatic rings.